The van der Waals surface area contributed by atoms with E-state index in [-0.39, 0.29) is 0 Å². The number of hydrogen-bond donors (Lipinski definition) is 1. The number of nitrogens with one attached hydrogen (secondary N) is 1. The van der Waals surface area contributed by atoms with E-state index in [0.29, 0.717) is 0 Å². The van der Waals surface area contributed by atoms with E-state index in [1.165, 1.54) is 11.1 Å². The number of thiazole rings is 1. The minimum absolute atomic E-state index is 0.721. The number of hydrazone groups is 1. The summed E-state index contributed by atoms with van der Waals surface area (Å²) in [5.74, 6) is 0. The molecule has 0 atom stereocenters. The third-order valence-corrected chi connectivity index (χ3v) is 5.45. The molecule has 0 aliphatic carbocycles. The summed E-state index contributed by atoms with van der Waals surface area (Å²) >= 11 is 7.51. The fraction of sp³-hybridized carbons (Fsp3) is 0.0833. The SMILES string of the molecule is Clc1ccc(-c2csc(NN=C(Cc3ccccc3)Cc3ccccc3)n2)cc1. The average Bonchev–Trinajstić information content (AvgIpc) is 3.23. The fourth-order valence-corrected chi connectivity index (χ4v) is 3.80. The van der Waals surface area contributed by atoms with Crippen molar-refractivity contribution in [1.29, 1.82) is 0 Å². The van der Waals surface area contributed by atoms with Gasteiger partial charge in [0, 0.05) is 34.5 Å². The third-order valence-electron chi connectivity index (χ3n) is 4.46. The van der Waals surface area contributed by atoms with Gasteiger partial charge in [0.2, 0.25) is 5.13 Å². The van der Waals surface area contributed by atoms with Gasteiger partial charge in [0.1, 0.15) is 0 Å². The van der Waals surface area contributed by atoms with Crippen molar-refractivity contribution in [2.24, 2.45) is 5.10 Å². The fourth-order valence-electron chi connectivity index (χ4n) is 3.01. The molecule has 0 aliphatic heterocycles. The highest BCUT2D eigenvalue weighted by molar-refractivity contribution is 7.14. The quantitative estimate of drug-likeness (QED) is 0.268. The van der Waals surface area contributed by atoms with E-state index in [9.17, 15) is 0 Å². The maximum atomic E-state index is 5.97. The first-order valence-electron chi connectivity index (χ1n) is 9.37. The van der Waals surface area contributed by atoms with Crippen LogP contribution in [0.1, 0.15) is 11.1 Å². The molecule has 3 aromatic carbocycles. The molecule has 1 aromatic heterocycles. The molecule has 0 radical (unpaired) electrons. The lowest BCUT2D eigenvalue weighted by atomic mass is 10.0. The molecule has 0 saturated heterocycles. The Balaban J connectivity index is 1.52. The van der Waals surface area contributed by atoms with Crippen molar-refractivity contribution in [2.45, 2.75) is 12.8 Å². The van der Waals surface area contributed by atoms with E-state index >= 15 is 0 Å². The van der Waals surface area contributed by atoms with Gasteiger partial charge in [-0.3, -0.25) is 5.43 Å². The zero-order valence-electron chi connectivity index (χ0n) is 15.8. The zero-order valence-corrected chi connectivity index (χ0v) is 17.3. The Morgan fingerprint density at radius 3 is 2.00 bits per heavy atom. The van der Waals surface area contributed by atoms with Gasteiger partial charge >= 0.3 is 0 Å². The Morgan fingerprint density at radius 2 is 1.41 bits per heavy atom. The van der Waals surface area contributed by atoms with E-state index in [1.54, 1.807) is 11.3 Å². The summed E-state index contributed by atoms with van der Waals surface area (Å²) in [6, 6.07) is 28.5. The molecule has 0 unspecified atom stereocenters. The lowest BCUT2D eigenvalue weighted by molar-refractivity contribution is 1.16. The predicted molar refractivity (Wildman–Crippen MR) is 124 cm³/mol. The second kappa shape index (κ2) is 9.50. The second-order valence-corrected chi connectivity index (χ2v) is 7.95. The molecule has 4 aromatic rings. The number of hydrogen-bond acceptors (Lipinski definition) is 4. The molecular weight excluding hydrogens is 398 g/mol. The Morgan fingerprint density at radius 1 is 0.828 bits per heavy atom. The second-order valence-electron chi connectivity index (χ2n) is 6.66. The largest absolute Gasteiger partial charge is 0.253 e. The van der Waals surface area contributed by atoms with Gasteiger partial charge < -0.3 is 0 Å². The Labute approximate surface area is 179 Å². The van der Waals surface area contributed by atoms with Crippen LogP contribution in [-0.4, -0.2) is 10.7 Å². The molecule has 1 N–H and O–H groups in total. The van der Waals surface area contributed by atoms with Crippen molar-refractivity contribution in [3.05, 3.63) is 106 Å². The van der Waals surface area contributed by atoms with Gasteiger partial charge in [0.15, 0.2) is 0 Å². The van der Waals surface area contributed by atoms with Gasteiger partial charge in [0.25, 0.3) is 0 Å². The zero-order chi connectivity index (χ0) is 19.9. The van der Waals surface area contributed by atoms with Crippen molar-refractivity contribution in [3.63, 3.8) is 0 Å². The van der Waals surface area contributed by atoms with E-state index in [0.717, 1.165) is 40.0 Å². The molecule has 5 heteroatoms. The lowest BCUT2D eigenvalue weighted by Gasteiger charge is -2.08. The van der Waals surface area contributed by atoms with Gasteiger partial charge in [-0.25, -0.2) is 4.98 Å². The molecule has 0 amide bonds. The number of anilines is 1. The van der Waals surface area contributed by atoms with Crippen LogP contribution >= 0.6 is 22.9 Å². The van der Waals surface area contributed by atoms with Crippen LogP contribution in [0.3, 0.4) is 0 Å². The van der Waals surface area contributed by atoms with E-state index in [4.69, 9.17) is 16.7 Å². The molecule has 4 rings (SSSR count). The first-order chi connectivity index (χ1) is 14.3. The molecule has 1 heterocycles. The van der Waals surface area contributed by atoms with Gasteiger partial charge in [-0.1, -0.05) is 84.4 Å². The standard InChI is InChI=1S/C24H20ClN3S/c25-21-13-11-20(12-14-21)23-17-29-24(26-23)28-27-22(15-18-7-3-1-4-8-18)16-19-9-5-2-6-10-19/h1-14,17H,15-16H2,(H,26,28). The highest BCUT2D eigenvalue weighted by Crippen LogP contribution is 2.26. The van der Waals surface area contributed by atoms with Crippen molar-refractivity contribution in [3.8, 4) is 11.3 Å². The average molecular weight is 418 g/mol. The molecule has 0 saturated carbocycles. The van der Waals surface area contributed by atoms with Gasteiger partial charge in [0.05, 0.1) is 5.69 Å². The summed E-state index contributed by atoms with van der Waals surface area (Å²) in [5, 5.41) is 8.21. The van der Waals surface area contributed by atoms with Crippen LogP contribution in [0.5, 0.6) is 0 Å². The van der Waals surface area contributed by atoms with Crippen LogP contribution in [0.25, 0.3) is 11.3 Å². The highest BCUT2D eigenvalue weighted by Gasteiger charge is 2.07. The van der Waals surface area contributed by atoms with Crippen molar-refractivity contribution in [2.75, 3.05) is 5.43 Å². The maximum Gasteiger partial charge on any atom is 0.203 e. The lowest BCUT2D eigenvalue weighted by Crippen LogP contribution is -2.10. The van der Waals surface area contributed by atoms with Crippen LogP contribution in [0, 0.1) is 0 Å². The Hall–Kier alpha value is -2.95. The monoisotopic (exact) mass is 417 g/mol. The summed E-state index contributed by atoms with van der Waals surface area (Å²) in [5.41, 5.74) is 8.65. The Bertz CT molecular complexity index is 1030. The van der Waals surface area contributed by atoms with Gasteiger partial charge in [-0.05, 0) is 23.3 Å². The van der Waals surface area contributed by atoms with Crippen LogP contribution in [0.15, 0.2) is 95.4 Å². The summed E-state index contributed by atoms with van der Waals surface area (Å²) in [6.45, 7) is 0. The smallest absolute Gasteiger partial charge is 0.203 e. The van der Waals surface area contributed by atoms with Gasteiger partial charge in [-0.2, -0.15) is 5.10 Å². The minimum Gasteiger partial charge on any atom is -0.253 e. The summed E-state index contributed by atoms with van der Waals surface area (Å²) in [6.07, 6.45) is 1.58. The number of aromatic nitrogens is 1. The molecule has 3 nitrogen and oxygen atoms in total. The number of nitrogens with zero attached hydrogens (tertiary/aromatic N) is 2. The van der Waals surface area contributed by atoms with Crippen molar-refractivity contribution < 1.29 is 0 Å². The summed E-state index contributed by atoms with van der Waals surface area (Å²) < 4.78 is 0. The number of halogens is 1. The number of rotatable bonds is 7. The van der Waals surface area contributed by atoms with E-state index < -0.39 is 0 Å². The topological polar surface area (TPSA) is 37.3 Å². The molecule has 29 heavy (non-hydrogen) atoms. The normalized spacial score (nSPS) is 10.5. The molecule has 0 bridgehead atoms. The first-order valence-corrected chi connectivity index (χ1v) is 10.6. The molecular formula is C24H20ClN3S. The maximum absolute atomic E-state index is 5.97. The molecule has 0 aliphatic rings. The van der Waals surface area contributed by atoms with E-state index in [2.05, 4.69) is 58.9 Å². The summed E-state index contributed by atoms with van der Waals surface area (Å²) in [4.78, 5) is 4.65. The van der Waals surface area contributed by atoms with Crippen LogP contribution in [0.4, 0.5) is 5.13 Å². The van der Waals surface area contributed by atoms with Crippen LogP contribution in [0.2, 0.25) is 5.02 Å². The third kappa shape index (κ3) is 5.53. The minimum atomic E-state index is 0.721. The predicted octanol–water partition coefficient (Wildman–Crippen LogP) is 6.72. The Kier molecular flexibility index (Phi) is 6.35. The molecule has 144 valence electrons. The van der Waals surface area contributed by atoms with Crippen molar-refractivity contribution >= 4 is 33.8 Å². The number of benzene rings is 3. The summed E-state index contributed by atoms with van der Waals surface area (Å²) in [7, 11) is 0. The first kappa shape index (κ1) is 19.4. The van der Waals surface area contributed by atoms with Crippen molar-refractivity contribution in [1.82, 2.24) is 4.98 Å². The highest BCUT2D eigenvalue weighted by atomic mass is 35.5. The van der Waals surface area contributed by atoms with Gasteiger partial charge in [-0.15, -0.1) is 11.3 Å². The molecule has 0 spiro atoms. The van der Waals surface area contributed by atoms with Crippen LogP contribution < -0.4 is 5.43 Å². The molecule has 0 fully saturated rings. The van der Waals surface area contributed by atoms with E-state index in [1.807, 2.05) is 41.8 Å². The van der Waals surface area contributed by atoms with Crippen LogP contribution in [-0.2, 0) is 12.8 Å².